The molecule has 0 aliphatic rings. The Morgan fingerprint density at radius 3 is 2.61 bits per heavy atom. The first-order chi connectivity index (χ1) is 8.66. The summed E-state index contributed by atoms with van der Waals surface area (Å²) in [4.78, 5) is 4.38. The third kappa shape index (κ3) is 3.08. The lowest BCUT2D eigenvalue weighted by Gasteiger charge is -2.12. The Morgan fingerprint density at radius 1 is 1.28 bits per heavy atom. The number of hydrogen-bond acceptors (Lipinski definition) is 3. The van der Waals surface area contributed by atoms with Gasteiger partial charge >= 0.3 is 0 Å². The van der Waals surface area contributed by atoms with E-state index in [1.807, 2.05) is 37.4 Å². The first-order valence-corrected chi connectivity index (χ1v) is 6.16. The second-order valence-electron chi connectivity index (χ2n) is 4.55. The maximum absolute atomic E-state index is 5.87. The standard InChI is InChI=1S/C15H19N3/c1-11-8-15(18-10-14(11)12(2)16)17-9-13-6-4-3-5-7-13/h3-8,10,12H,9,16H2,1-2H3,(H,17,18)/t12-/m1/s1. The molecule has 0 amide bonds. The largest absolute Gasteiger partial charge is 0.366 e. The van der Waals surface area contributed by atoms with Gasteiger partial charge in [0.25, 0.3) is 0 Å². The zero-order valence-electron chi connectivity index (χ0n) is 10.9. The third-order valence-corrected chi connectivity index (χ3v) is 2.96. The van der Waals surface area contributed by atoms with Gasteiger partial charge in [0.1, 0.15) is 5.82 Å². The minimum atomic E-state index is 0.0284. The van der Waals surface area contributed by atoms with Crippen molar-refractivity contribution in [3.63, 3.8) is 0 Å². The van der Waals surface area contributed by atoms with Gasteiger partial charge in [-0.3, -0.25) is 0 Å². The molecule has 3 nitrogen and oxygen atoms in total. The van der Waals surface area contributed by atoms with Crippen LogP contribution in [0.3, 0.4) is 0 Å². The van der Waals surface area contributed by atoms with Crippen molar-refractivity contribution in [2.75, 3.05) is 5.32 Å². The molecule has 0 aliphatic heterocycles. The minimum Gasteiger partial charge on any atom is -0.366 e. The fraction of sp³-hybridized carbons (Fsp3) is 0.267. The Hall–Kier alpha value is -1.87. The molecule has 3 N–H and O–H groups in total. The molecule has 0 saturated heterocycles. The highest BCUT2D eigenvalue weighted by Gasteiger charge is 2.05. The molecular formula is C15H19N3. The van der Waals surface area contributed by atoms with E-state index >= 15 is 0 Å². The average molecular weight is 241 g/mol. The van der Waals surface area contributed by atoms with Gasteiger partial charge in [-0.25, -0.2) is 4.98 Å². The molecule has 1 atom stereocenters. The first-order valence-electron chi connectivity index (χ1n) is 6.16. The predicted molar refractivity (Wildman–Crippen MR) is 75.3 cm³/mol. The lowest BCUT2D eigenvalue weighted by molar-refractivity contribution is 0.803. The highest BCUT2D eigenvalue weighted by atomic mass is 15.0. The maximum Gasteiger partial charge on any atom is 0.126 e. The smallest absolute Gasteiger partial charge is 0.126 e. The number of nitrogens with one attached hydrogen (secondary N) is 1. The Balaban J connectivity index is 2.05. The first kappa shape index (κ1) is 12.6. The van der Waals surface area contributed by atoms with Crippen molar-refractivity contribution in [3.8, 4) is 0 Å². The maximum atomic E-state index is 5.87. The van der Waals surface area contributed by atoms with Crippen LogP contribution in [0, 0.1) is 6.92 Å². The van der Waals surface area contributed by atoms with E-state index in [0.29, 0.717) is 0 Å². The van der Waals surface area contributed by atoms with E-state index in [-0.39, 0.29) is 6.04 Å². The summed E-state index contributed by atoms with van der Waals surface area (Å²) in [5, 5.41) is 3.32. The normalized spacial score (nSPS) is 12.2. The number of hydrogen-bond donors (Lipinski definition) is 2. The summed E-state index contributed by atoms with van der Waals surface area (Å²) >= 11 is 0. The van der Waals surface area contributed by atoms with Crippen LogP contribution in [0.15, 0.2) is 42.6 Å². The van der Waals surface area contributed by atoms with Gasteiger partial charge in [-0.15, -0.1) is 0 Å². The van der Waals surface area contributed by atoms with Gasteiger partial charge in [0.15, 0.2) is 0 Å². The van der Waals surface area contributed by atoms with Crippen molar-refractivity contribution in [1.82, 2.24) is 4.98 Å². The fourth-order valence-electron chi connectivity index (χ4n) is 1.93. The lowest BCUT2D eigenvalue weighted by atomic mass is 10.1. The van der Waals surface area contributed by atoms with Gasteiger partial charge in [-0.1, -0.05) is 30.3 Å². The van der Waals surface area contributed by atoms with Gasteiger partial charge in [0.2, 0.25) is 0 Å². The molecule has 0 fully saturated rings. The quantitative estimate of drug-likeness (QED) is 0.865. The molecule has 0 unspecified atom stereocenters. The highest BCUT2D eigenvalue weighted by molar-refractivity contribution is 5.42. The van der Waals surface area contributed by atoms with Crippen molar-refractivity contribution in [2.45, 2.75) is 26.4 Å². The van der Waals surface area contributed by atoms with Crippen LogP contribution in [0.4, 0.5) is 5.82 Å². The number of rotatable bonds is 4. The zero-order valence-corrected chi connectivity index (χ0v) is 10.9. The molecule has 1 heterocycles. The molecule has 18 heavy (non-hydrogen) atoms. The fourth-order valence-corrected chi connectivity index (χ4v) is 1.93. The van der Waals surface area contributed by atoms with Crippen LogP contribution in [0.2, 0.25) is 0 Å². The minimum absolute atomic E-state index is 0.0284. The summed E-state index contributed by atoms with van der Waals surface area (Å²) in [6.07, 6.45) is 1.85. The number of benzene rings is 1. The SMILES string of the molecule is Cc1cc(NCc2ccccc2)ncc1[C@@H](C)N. The van der Waals surface area contributed by atoms with Crippen LogP contribution in [0.5, 0.6) is 0 Å². The number of anilines is 1. The van der Waals surface area contributed by atoms with Crippen LogP contribution in [-0.2, 0) is 6.54 Å². The molecule has 2 aromatic rings. The van der Waals surface area contributed by atoms with E-state index < -0.39 is 0 Å². The van der Waals surface area contributed by atoms with E-state index in [2.05, 4.69) is 29.4 Å². The number of pyridine rings is 1. The monoisotopic (exact) mass is 241 g/mol. The van der Waals surface area contributed by atoms with Crippen LogP contribution in [0.1, 0.15) is 29.7 Å². The second kappa shape index (κ2) is 5.65. The molecule has 3 heteroatoms. The third-order valence-electron chi connectivity index (χ3n) is 2.96. The van der Waals surface area contributed by atoms with E-state index in [9.17, 15) is 0 Å². The topological polar surface area (TPSA) is 50.9 Å². The van der Waals surface area contributed by atoms with Crippen molar-refractivity contribution in [3.05, 3.63) is 59.3 Å². The summed E-state index contributed by atoms with van der Waals surface area (Å²) in [7, 11) is 0. The summed E-state index contributed by atoms with van der Waals surface area (Å²) < 4.78 is 0. The zero-order chi connectivity index (χ0) is 13.0. The predicted octanol–water partition coefficient (Wildman–Crippen LogP) is 3.02. The molecule has 0 spiro atoms. The van der Waals surface area contributed by atoms with Crippen molar-refractivity contribution in [2.24, 2.45) is 5.73 Å². The lowest BCUT2D eigenvalue weighted by Crippen LogP contribution is -2.09. The van der Waals surface area contributed by atoms with E-state index in [4.69, 9.17) is 5.73 Å². The van der Waals surface area contributed by atoms with E-state index in [0.717, 1.165) is 17.9 Å². The summed E-state index contributed by atoms with van der Waals surface area (Å²) in [5.74, 6) is 0.890. The number of aromatic nitrogens is 1. The molecular weight excluding hydrogens is 222 g/mol. The van der Waals surface area contributed by atoms with Crippen LogP contribution < -0.4 is 11.1 Å². The Labute approximate surface area is 108 Å². The molecule has 0 saturated carbocycles. The Bertz CT molecular complexity index is 506. The van der Waals surface area contributed by atoms with Gasteiger partial charge in [-0.05, 0) is 36.6 Å². The van der Waals surface area contributed by atoms with Crippen LogP contribution >= 0.6 is 0 Å². The Kier molecular flexibility index (Phi) is 3.95. The second-order valence-corrected chi connectivity index (χ2v) is 4.55. The average Bonchev–Trinajstić information content (AvgIpc) is 2.37. The Morgan fingerprint density at radius 2 is 2.00 bits per heavy atom. The highest BCUT2D eigenvalue weighted by Crippen LogP contribution is 2.17. The van der Waals surface area contributed by atoms with Crippen molar-refractivity contribution < 1.29 is 0 Å². The molecule has 0 aliphatic carbocycles. The number of nitrogens with two attached hydrogens (primary N) is 1. The summed E-state index contributed by atoms with van der Waals surface area (Å²) in [5.41, 5.74) is 9.39. The molecule has 1 aromatic carbocycles. The van der Waals surface area contributed by atoms with Gasteiger partial charge in [-0.2, -0.15) is 0 Å². The summed E-state index contributed by atoms with van der Waals surface area (Å²) in [6, 6.07) is 12.3. The van der Waals surface area contributed by atoms with E-state index in [1.54, 1.807) is 0 Å². The molecule has 2 rings (SSSR count). The van der Waals surface area contributed by atoms with Gasteiger partial charge in [0.05, 0.1) is 0 Å². The molecule has 0 bridgehead atoms. The molecule has 1 aromatic heterocycles. The number of aryl methyl sites for hydroxylation is 1. The van der Waals surface area contributed by atoms with E-state index in [1.165, 1.54) is 11.1 Å². The number of nitrogens with zero attached hydrogens (tertiary/aromatic N) is 1. The van der Waals surface area contributed by atoms with Crippen LogP contribution in [-0.4, -0.2) is 4.98 Å². The van der Waals surface area contributed by atoms with Crippen molar-refractivity contribution in [1.29, 1.82) is 0 Å². The van der Waals surface area contributed by atoms with Gasteiger partial charge < -0.3 is 11.1 Å². The van der Waals surface area contributed by atoms with Crippen LogP contribution in [0.25, 0.3) is 0 Å². The molecule has 94 valence electrons. The summed E-state index contributed by atoms with van der Waals surface area (Å²) in [6.45, 7) is 4.82. The molecule has 0 radical (unpaired) electrons. The van der Waals surface area contributed by atoms with Gasteiger partial charge in [0, 0.05) is 18.8 Å². The van der Waals surface area contributed by atoms with Crippen molar-refractivity contribution >= 4 is 5.82 Å².